The maximum Gasteiger partial charge on any atom is 0.408 e. The number of pyridine rings is 1. The van der Waals surface area contributed by atoms with Crippen molar-refractivity contribution in [3.8, 4) is 0 Å². The summed E-state index contributed by atoms with van der Waals surface area (Å²) in [5, 5.41) is 3.05. The molecule has 1 aromatic rings. The molecule has 1 atom stereocenters. The number of halogens is 4. The van der Waals surface area contributed by atoms with Gasteiger partial charge in [-0.1, -0.05) is 0 Å². The fourth-order valence-electron chi connectivity index (χ4n) is 2.12. The van der Waals surface area contributed by atoms with E-state index in [1.165, 1.54) is 23.4 Å². The number of nitrogens with one attached hydrogen (secondary N) is 1. The van der Waals surface area contributed by atoms with E-state index >= 15 is 0 Å². The second-order valence-electron chi connectivity index (χ2n) is 4.17. The maximum atomic E-state index is 13.2. The minimum absolute atomic E-state index is 0.179. The van der Waals surface area contributed by atoms with Gasteiger partial charge < -0.3 is 5.32 Å². The summed E-state index contributed by atoms with van der Waals surface area (Å²) in [6.07, 6.45) is -1.53. The van der Waals surface area contributed by atoms with Crippen LogP contribution in [0, 0.1) is 0 Å². The Hall–Kier alpha value is -0.660. The fourth-order valence-corrected chi connectivity index (χ4v) is 2.51. The first-order valence-electron chi connectivity index (χ1n) is 5.60. The van der Waals surface area contributed by atoms with Gasteiger partial charge in [-0.15, -0.1) is 0 Å². The molecule has 1 aliphatic rings. The average molecular weight is 324 g/mol. The van der Waals surface area contributed by atoms with Crippen LogP contribution in [0.2, 0.25) is 0 Å². The number of piperazine rings is 1. The molecule has 0 spiro atoms. The van der Waals surface area contributed by atoms with Gasteiger partial charge in [0.1, 0.15) is 6.04 Å². The summed E-state index contributed by atoms with van der Waals surface area (Å²) >= 11 is 3.16. The molecular formula is C11H13BrF3N3. The number of hydrogen-bond donors (Lipinski definition) is 1. The molecule has 0 bridgehead atoms. The monoisotopic (exact) mass is 323 g/mol. The van der Waals surface area contributed by atoms with Gasteiger partial charge in [0, 0.05) is 43.0 Å². The summed E-state index contributed by atoms with van der Waals surface area (Å²) in [5.74, 6) is 0. The lowest BCUT2D eigenvalue weighted by molar-refractivity contribution is -0.188. The molecule has 2 heterocycles. The number of hydrogen-bond acceptors (Lipinski definition) is 3. The molecule has 0 unspecified atom stereocenters. The van der Waals surface area contributed by atoms with Crippen LogP contribution in [0.1, 0.15) is 11.6 Å². The normalized spacial score (nSPS) is 19.8. The van der Waals surface area contributed by atoms with E-state index in [1.807, 2.05) is 0 Å². The van der Waals surface area contributed by atoms with E-state index in [1.54, 1.807) is 0 Å². The molecular weight excluding hydrogens is 311 g/mol. The van der Waals surface area contributed by atoms with Crippen molar-refractivity contribution in [2.45, 2.75) is 12.2 Å². The first kappa shape index (κ1) is 13.8. The SMILES string of the molecule is FC(F)(F)[C@@H](c1cncc(Br)c1)N1CCNCC1. The average Bonchev–Trinajstić information content (AvgIpc) is 2.28. The Morgan fingerprint density at radius 1 is 1.28 bits per heavy atom. The van der Waals surface area contributed by atoms with Crippen molar-refractivity contribution in [1.82, 2.24) is 15.2 Å². The van der Waals surface area contributed by atoms with Crippen LogP contribution in [0.15, 0.2) is 22.9 Å². The molecule has 0 amide bonds. The van der Waals surface area contributed by atoms with E-state index in [-0.39, 0.29) is 5.56 Å². The molecule has 1 saturated heterocycles. The fraction of sp³-hybridized carbons (Fsp3) is 0.545. The topological polar surface area (TPSA) is 28.2 Å². The van der Waals surface area contributed by atoms with Gasteiger partial charge in [-0.2, -0.15) is 13.2 Å². The minimum Gasteiger partial charge on any atom is -0.314 e. The van der Waals surface area contributed by atoms with Crippen molar-refractivity contribution in [2.75, 3.05) is 26.2 Å². The second kappa shape index (κ2) is 5.54. The molecule has 18 heavy (non-hydrogen) atoms. The lowest BCUT2D eigenvalue weighted by atomic mass is 10.1. The van der Waals surface area contributed by atoms with Crippen molar-refractivity contribution in [2.24, 2.45) is 0 Å². The van der Waals surface area contributed by atoms with Gasteiger partial charge in [-0.05, 0) is 27.6 Å². The molecule has 2 rings (SSSR count). The lowest BCUT2D eigenvalue weighted by Crippen LogP contribution is -2.49. The predicted molar refractivity (Wildman–Crippen MR) is 65.2 cm³/mol. The highest BCUT2D eigenvalue weighted by Crippen LogP contribution is 2.38. The number of rotatable bonds is 2. The largest absolute Gasteiger partial charge is 0.408 e. The summed E-state index contributed by atoms with van der Waals surface area (Å²) in [4.78, 5) is 5.27. The quantitative estimate of drug-likeness (QED) is 0.905. The Balaban J connectivity index is 2.30. The highest BCUT2D eigenvalue weighted by molar-refractivity contribution is 9.10. The van der Waals surface area contributed by atoms with E-state index in [9.17, 15) is 13.2 Å². The Kier molecular flexibility index (Phi) is 4.24. The molecule has 1 aliphatic heterocycles. The standard InChI is InChI=1S/C11H13BrF3N3/c12-9-5-8(6-17-7-9)10(11(13,14)15)18-3-1-16-2-4-18/h5-7,10,16H,1-4H2/t10-/m1/s1. The summed E-state index contributed by atoms with van der Waals surface area (Å²) < 4.78 is 40.2. The maximum absolute atomic E-state index is 13.2. The van der Waals surface area contributed by atoms with Crippen molar-refractivity contribution in [1.29, 1.82) is 0 Å². The van der Waals surface area contributed by atoms with Gasteiger partial charge in [0.25, 0.3) is 0 Å². The smallest absolute Gasteiger partial charge is 0.314 e. The number of aromatic nitrogens is 1. The first-order chi connectivity index (χ1) is 8.48. The molecule has 100 valence electrons. The Morgan fingerprint density at radius 3 is 2.50 bits per heavy atom. The van der Waals surface area contributed by atoms with Gasteiger partial charge >= 0.3 is 6.18 Å². The van der Waals surface area contributed by atoms with Crippen molar-refractivity contribution in [3.63, 3.8) is 0 Å². The third-order valence-electron chi connectivity index (χ3n) is 2.87. The van der Waals surface area contributed by atoms with E-state index in [2.05, 4.69) is 26.2 Å². The zero-order chi connectivity index (χ0) is 13.2. The van der Waals surface area contributed by atoms with Crippen LogP contribution in [-0.4, -0.2) is 42.2 Å². The van der Waals surface area contributed by atoms with Crippen molar-refractivity contribution < 1.29 is 13.2 Å². The third kappa shape index (κ3) is 3.21. The van der Waals surface area contributed by atoms with Crippen LogP contribution in [0.5, 0.6) is 0 Å². The van der Waals surface area contributed by atoms with Crippen LogP contribution >= 0.6 is 15.9 Å². The van der Waals surface area contributed by atoms with Gasteiger partial charge in [0.15, 0.2) is 0 Å². The van der Waals surface area contributed by atoms with Crippen LogP contribution < -0.4 is 5.32 Å². The summed E-state index contributed by atoms with van der Waals surface area (Å²) in [6, 6.07) is -0.0997. The number of nitrogens with zero attached hydrogens (tertiary/aromatic N) is 2. The van der Waals surface area contributed by atoms with Gasteiger partial charge in [-0.3, -0.25) is 9.88 Å². The number of alkyl halides is 3. The predicted octanol–water partition coefficient (Wildman–Crippen LogP) is 2.35. The highest BCUT2D eigenvalue weighted by Gasteiger charge is 2.45. The van der Waals surface area contributed by atoms with Crippen LogP contribution in [0.4, 0.5) is 13.2 Å². The molecule has 0 radical (unpaired) electrons. The molecule has 0 aromatic carbocycles. The molecule has 7 heteroatoms. The van der Waals surface area contributed by atoms with Gasteiger partial charge in [-0.25, -0.2) is 0 Å². The molecule has 0 aliphatic carbocycles. The highest BCUT2D eigenvalue weighted by atomic mass is 79.9. The van der Waals surface area contributed by atoms with Gasteiger partial charge in [0.2, 0.25) is 0 Å². The van der Waals surface area contributed by atoms with Crippen molar-refractivity contribution >= 4 is 15.9 Å². The zero-order valence-corrected chi connectivity index (χ0v) is 11.1. The summed E-state index contributed by atoms with van der Waals surface area (Å²) in [5.41, 5.74) is 0.179. The van der Waals surface area contributed by atoms with Crippen LogP contribution in [0.25, 0.3) is 0 Å². The Bertz CT molecular complexity index is 405. The Morgan fingerprint density at radius 2 is 1.94 bits per heavy atom. The molecule has 1 N–H and O–H groups in total. The lowest BCUT2D eigenvalue weighted by Gasteiger charge is -2.36. The van der Waals surface area contributed by atoms with Crippen molar-refractivity contribution in [3.05, 3.63) is 28.5 Å². The first-order valence-corrected chi connectivity index (χ1v) is 6.40. The van der Waals surface area contributed by atoms with E-state index in [0.29, 0.717) is 30.7 Å². The van der Waals surface area contributed by atoms with Crippen LogP contribution in [-0.2, 0) is 0 Å². The summed E-state index contributed by atoms with van der Waals surface area (Å²) in [7, 11) is 0. The molecule has 0 saturated carbocycles. The second-order valence-corrected chi connectivity index (χ2v) is 5.08. The zero-order valence-electron chi connectivity index (χ0n) is 9.54. The van der Waals surface area contributed by atoms with E-state index in [4.69, 9.17) is 0 Å². The molecule has 3 nitrogen and oxygen atoms in total. The molecule has 1 fully saturated rings. The minimum atomic E-state index is -4.29. The van der Waals surface area contributed by atoms with Crippen LogP contribution in [0.3, 0.4) is 0 Å². The van der Waals surface area contributed by atoms with E-state index < -0.39 is 12.2 Å². The van der Waals surface area contributed by atoms with E-state index in [0.717, 1.165) is 0 Å². The van der Waals surface area contributed by atoms with Gasteiger partial charge in [0.05, 0.1) is 0 Å². The summed E-state index contributed by atoms with van der Waals surface area (Å²) in [6.45, 7) is 1.93. The third-order valence-corrected chi connectivity index (χ3v) is 3.30. The Labute approximate surface area is 112 Å². The molecule has 1 aromatic heterocycles.